The maximum Gasteiger partial charge on any atom is 0.336 e. The van der Waals surface area contributed by atoms with Crippen molar-refractivity contribution >= 4 is 22.7 Å². The molecule has 0 saturated heterocycles. The quantitative estimate of drug-likeness (QED) is 0.604. The molecule has 0 aliphatic carbocycles. The molecule has 0 fully saturated rings. The Morgan fingerprint density at radius 2 is 1.92 bits per heavy atom. The lowest BCUT2D eigenvalue weighted by atomic mass is 10.1. The van der Waals surface area contributed by atoms with Gasteiger partial charge in [-0.3, -0.25) is 0 Å². The first-order valence-electron chi connectivity index (χ1n) is 7.96. The topological polar surface area (TPSA) is 39.4 Å². The molecule has 0 aliphatic heterocycles. The van der Waals surface area contributed by atoms with Gasteiger partial charge in [-0.15, -0.1) is 0 Å². The molecule has 0 saturated carbocycles. The highest BCUT2D eigenvalue weighted by molar-refractivity contribution is 7.97. The SMILES string of the molecule is CCc1ccc2c(CSCc3cccc(OC)c3)cc(=O)oc2c1. The summed E-state index contributed by atoms with van der Waals surface area (Å²) in [5, 5.41) is 1.02. The van der Waals surface area contributed by atoms with Crippen LogP contribution in [0.3, 0.4) is 0 Å². The predicted molar refractivity (Wildman–Crippen MR) is 99.9 cm³/mol. The number of thioether (sulfide) groups is 1. The van der Waals surface area contributed by atoms with Gasteiger partial charge in [0.15, 0.2) is 0 Å². The summed E-state index contributed by atoms with van der Waals surface area (Å²) in [6, 6.07) is 15.8. The molecule has 3 nitrogen and oxygen atoms in total. The van der Waals surface area contributed by atoms with E-state index in [-0.39, 0.29) is 5.63 Å². The highest BCUT2D eigenvalue weighted by atomic mass is 32.2. The van der Waals surface area contributed by atoms with E-state index in [0.29, 0.717) is 5.58 Å². The van der Waals surface area contributed by atoms with Crippen LogP contribution in [-0.4, -0.2) is 7.11 Å². The minimum absolute atomic E-state index is 0.285. The molecule has 2 aromatic carbocycles. The molecule has 0 spiro atoms. The average molecular weight is 340 g/mol. The van der Waals surface area contributed by atoms with E-state index >= 15 is 0 Å². The second-order valence-electron chi connectivity index (χ2n) is 5.62. The fraction of sp³-hybridized carbons (Fsp3) is 0.250. The summed E-state index contributed by atoms with van der Waals surface area (Å²) in [5.74, 6) is 2.50. The summed E-state index contributed by atoms with van der Waals surface area (Å²) in [6.07, 6.45) is 0.925. The van der Waals surface area contributed by atoms with E-state index in [9.17, 15) is 4.79 Å². The van der Waals surface area contributed by atoms with Gasteiger partial charge in [0, 0.05) is 23.0 Å². The number of fused-ring (bicyclic) bond motifs is 1. The van der Waals surface area contributed by atoms with Crippen LogP contribution in [0.15, 0.2) is 57.7 Å². The summed E-state index contributed by atoms with van der Waals surface area (Å²) in [7, 11) is 1.67. The maximum atomic E-state index is 11.8. The second-order valence-corrected chi connectivity index (χ2v) is 6.60. The van der Waals surface area contributed by atoms with Gasteiger partial charge in [0.25, 0.3) is 0 Å². The van der Waals surface area contributed by atoms with Crippen molar-refractivity contribution < 1.29 is 9.15 Å². The average Bonchev–Trinajstić information content (AvgIpc) is 2.61. The van der Waals surface area contributed by atoms with Crippen LogP contribution in [0, 0.1) is 0 Å². The first-order chi connectivity index (χ1) is 11.7. The summed E-state index contributed by atoms with van der Waals surface area (Å²) in [4.78, 5) is 11.8. The van der Waals surface area contributed by atoms with Crippen LogP contribution in [-0.2, 0) is 17.9 Å². The molecule has 4 heteroatoms. The van der Waals surface area contributed by atoms with Crippen molar-refractivity contribution in [1.82, 2.24) is 0 Å². The molecule has 0 N–H and O–H groups in total. The molecule has 3 aromatic rings. The van der Waals surface area contributed by atoms with Crippen LogP contribution in [0.1, 0.15) is 23.6 Å². The second kappa shape index (κ2) is 7.58. The van der Waals surface area contributed by atoms with Crippen molar-refractivity contribution in [2.75, 3.05) is 7.11 Å². The summed E-state index contributed by atoms with van der Waals surface area (Å²) in [5.41, 5.74) is 3.80. The number of hydrogen-bond acceptors (Lipinski definition) is 4. The van der Waals surface area contributed by atoms with Gasteiger partial charge in [-0.25, -0.2) is 4.79 Å². The lowest BCUT2D eigenvalue weighted by Crippen LogP contribution is -2.00. The predicted octanol–water partition coefficient (Wildman–Crippen LogP) is 4.80. The van der Waals surface area contributed by atoms with Crippen LogP contribution in [0.5, 0.6) is 5.75 Å². The fourth-order valence-electron chi connectivity index (χ4n) is 2.65. The minimum atomic E-state index is -0.285. The summed E-state index contributed by atoms with van der Waals surface area (Å²) < 4.78 is 10.6. The van der Waals surface area contributed by atoms with E-state index in [2.05, 4.69) is 25.1 Å². The Morgan fingerprint density at radius 3 is 2.71 bits per heavy atom. The van der Waals surface area contributed by atoms with Crippen LogP contribution in [0.25, 0.3) is 11.0 Å². The van der Waals surface area contributed by atoms with E-state index in [0.717, 1.165) is 34.6 Å². The third kappa shape index (κ3) is 3.82. The maximum absolute atomic E-state index is 11.8. The molecular weight excluding hydrogens is 320 g/mol. The number of aryl methyl sites for hydroxylation is 1. The monoisotopic (exact) mass is 340 g/mol. The van der Waals surface area contributed by atoms with Crippen molar-refractivity contribution in [3.63, 3.8) is 0 Å². The molecular formula is C20H20O3S. The van der Waals surface area contributed by atoms with Gasteiger partial charge >= 0.3 is 5.63 Å². The molecule has 0 bridgehead atoms. The highest BCUT2D eigenvalue weighted by Gasteiger charge is 2.07. The van der Waals surface area contributed by atoms with Crippen molar-refractivity contribution in [1.29, 1.82) is 0 Å². The molecule has 1 heterocycles. The van der Waals surface area contributed by atoms with E-state index in [4.69, 9.17) is 9.15 Å². The molecule has 0 atom stereocenters. The molecule has 0 radical (unpaired) electrons. The first-order valence-corrected chi connectivity index (χ1v) is 9.11. The minimum Gasteiger partial charge on any atom is -0.497 e. The number of hydrogen-bond donors (Lipinski definition) is 0. The standard InChI is InChI=1S/C20H20O3S/c1-3-14-7-8-18-16(11-20(21)23-19(18)10-14)13-24-12-15-5-4-6-17(9-15)22-2/h4-11H,3,12-13H2,1-2H3. The third-order valence-electron chi connectivity index (χ3n) is 3.96. The van der Waals surface area contributed by atoms with Gasteiger partial charge in [-0.1, -0.05) is 31.2 Å². The van der Waals surface area contributed by atoms with Gasteiger partial charge in [0.05, 0.1) is 7.11 Å². The number of ether oxygens (including phenoxy) is 1. The highest BCUT2D eigenvalue weighted by Crippen LogP contribution is 2.25. The van der Waals surface area contributed by atoms with E-state index in [1.54, 1.807) is 24.9 Å². The number of methoxy groups -OCH3 is 1. The normalized spacial score (nSPS) is 10.9. The Labute approximate surface area is 145 Å². The van der Waals surface area contributed by atoms with E-state index in [1.165, 1.54) is 11.1 Å². The van der Waals surface area contributed by atoms with Crippen molar-refractivity contribution in [3.8, 4) is 5.75 Å². The van der Waals surface area contributed by atoms with Crippen LogP contribution in [0.2, 0.25) is 0 Å². The molecule has 1 aromatic heterocycles. The Balaban J connectivity index is 1.78. The lowest BCUT2D eigenvalue weighted by Gasteiger charge is -2.07. The molecule has 124 valence electrons. The Bertz CT molecular complexity index is 899. The summed E-state index contributed by atoms with van der Waals surface area (Å²) in [6.45, 7) is 2.09. The number of rotatable bonds is 6. The molecule has 0 amide bonds. The molecule has 24 heavy (non-hydrogen) atoms. The molecule has 0 aliphatic rings. The van der Waals surface area contributed by atoms with Gasteiger partial charge in [0.2, 0.25) is 0 Å². The zero-order valence-electron chi connectivity index (χ0n) is 13.9. The summed E-state index contributed by atoms with van der Waals surface area (Å²) >= 11 is 1.78. The zero-order valence-corrected chi connectivity index (χ0v) is 14.7. The van der Waals surface area contributed by atoms with Crippen molar-refractivity contribution in [3.05, 3.63) is 75.6 Å². The van der Waals surface area contributed by atoms with Crippen molar-refractivity contribution in [2.45, 2.75) is 24.9 Å². The third-order valence-corrected chi connectivity index (χ3v) is 5.02. The lowest BCUT2D eigenvalue weighted by molar-refractivity contribution is 0.414. The van der Waals surface area contributed by atoms with Crippen molar-refractivity contribution in [2.24, 2.45) is 0 Å². The first kappa shape index (κ1) is 16.7. The largest absolute Gasteiger partial charge is 0.497 e. The molecule has 3 rings (SSSR count). The van der Waals surface area contributed by atoms with Crippen LogP contribution >= 0.6 is 11.8 Å². The number of benzene rings is 2. The van der Waals surface area contributed by atoms with Gasteiger partial charge in [-0.2, -0.15) is 11.8 Å². The Morgan fingerprint density at radius 1 is 1.04 bits per heavy atom. The smallest absolute Gasteiger partial charge is 0.336 e. The van der Waals surface area contributed by atoms with E-state index < -0.39 is 0 Å². The van der Waals surface area contributed by atoms with Gasteiger partial charge in [-0.05, 0) is 41.3 Å². The molecule has 0 unspecified atom stereocenters. The van der Waals surface area contributed by atoms with Gasteiger partial charge < -0.3 is 9.15 Å². The Hall–Kier alpha value is -2.20. The fourth-order valence-corrected chi connectivity index (χ4v) is 3.63. The Kier molecular flexibility index (Phi) is 5.26. The van der Waals surface area contributed by atoms with E-state index in [1.807, 2.05) is 24.3 Å². The zero-order chi connectivity index (χ0) is 16.9. The van der Waals surface area contributed by atoms with Crippen LogP contribution in [0.4, 0.5) is 0 Å². The van der Waals surface area contributed by atoms with Gasteiger partial charge in [0.1, 0.15) is 11.3 Å². The van der Waals surface area contributed by atoms with Crippen LogP contribution < -0.4 is 10.4 Å².